The van der Waals surface area contributed by atoms with E-state index < -0.39 is 26.7 Å². The molecule has 4 fully saturated rings. The summed E-state index contributed by atoms with van der Waals surface area (Å²) in [7, 11) is 0. The largest absolute Gasteiger partial charge is 0.490 e. The van der Waals surface area contributed by atoms with E-state index in [9.17, 15) is 25.0 Å². The first-order valence-corrected chi connectivity index (χ1v) is 9.91. The van der Waals surface area contributed by atoms with Crippen molar-refractivity contribution >= 4 is 23.2 Å². The van der Waals surface area contributed by atoms with Crippen molar-refractivity contribution in [3.8, 4) is 0 Å². The van der Waals surface area contributed by atoms with Gasteiger partial charge in [0.1, 0.15) is 0 Å². The van der Waals surface area contributed by atoms with Crippen molar-refractivity contribution < 1.29 is 14.6 Å². The lowest BCUT2D eigenvalue weighted by Crippen LogP contribution is -2.60. The third-order valence-electron chi connectivity index (χ3n) is 6.96. The first kappa shape index (κ1) is 18.6. The summed E-state index contributed by atoms with van der Waals surface area (Å²) in [6.45, 7) is 0. The minimum atomic E-state index is -0.616. The lowest BCUT2D eigenvalue weighted by Gasteiger charge is -2.60. The van der Waals surface area contributed by atoms with Crippen molar-refractivity contribution in [2.45, 2.75) is 44.1 Å². The van der Waals surface area contributed by atoms with Crippen molar-refractivity contribution in [3.05, 3.63) is 50.8 Å². The van der Waals surface area contributed by atoms with Gasteiger partial charge < -0.3 is 15.4 Å². The second kappa shape index (κ2) is 6.31. The zero-order valence-electron chi connectivity index (χ0n) is 16.1. The fourth-order valence-electron chi connectivity index (χ4n) is 6.28. The number of anilines is 1. The Morgan fingerprint density at radius 3 is 2.50 bits per heavy atom. The van der Waals surface area contributed by atoms with Gasteiger partial charge in [0.25, 0.3) is 5.69 Å². The smallest absolute Gasteiger partial charge is 0.390 e. The maximum atomic E-state index is 13.4. The molecule has 1 aromatic heterocycles. The number of amides is 1. The SMILES string of the molecule is O=C(Nc1cccc([N+](=O)[O-])c1)C12C[C@@H]3C[C@@H](C1)CC(n1cnc([N+](=O)[O-])n1)(C3)C2. The summed E-state index contributed by atoms with van der Waals surface area (Å²) in [6.07, 6.45) is 6.16. The van der Waals surface area contributed by atoms with E-state index in [2.05, 4.69) is 15.4 Å². The Labute approximate surface area is 170 Å². The summed E-state index contributed by atoms with van der Waals surface area (Å²) in [5, 5.41) is 29.1. The number of carbonyl (C=O) groups excluding carboxylic acids is 1. The van der Waals surface area contributed by atoms with E-state index >= 15 is 0 Å². The van der Waals surface area contributed by atoms with Crippen LogP contribution < -0.4 is 5.32 Å². The predicted octanol–water partition coefficient (Wildman–Crippen LogP) is 3.03. The Morgan fingerprint density at radius 1 is 1.13 bits per heavy atom. The molecule has 11 nitrogen and oxygen atoms in total. The van der Waals surface area contributed by atoms with Gasteiger partial charge >= 0.3 is 5.95 Å². The third kappa shape index (κ3) is 2.84. The molecule has 2 atom stereocenters. The Kier molecular flexibility index (Phi) is 3.92. The molecule has 4 bridgehead atoms. The van der Waals surface area contributed by atoms with E-state index in [1.54, 1.807) is 16.8 Å². The van der Waals surface area contributed by atoms with Crippen molar-refractivity contribution in [2.75, 3.05) is 5.32 Å². The number of rotatable bonds is 5. The first-order chi connectivity index (χ1) is 14.3. The number of hydrogen-bond donors (Lipinski definition) is 1. The minimum absolute atomic E-state index is 0.0790. The summed E-state index contributed by atoms with van der Waals surface area (Å²) < 4.78 is 1.61. The normalized spacial score (nSPS) is 31.5. The van der Waals surface area contributed by atoms with Crippen molar-refractivity contribution in [1.29, 1.82) is 0 Å². The van der Waals surface area contributed by atoms with Gasteiger partial charge in [0, 0.05) is 22.9 Å². The van der Waals surface area contributed by atoms with Gasteiger partial charge in [-0.3, -0.25) is 14.9 Å². The molecule has 1 N–H and O–H groups in total. The molecular weight excluding hydrogens is 392 g/mol. The highest BCUT2D eigenvalue weighted by atomic mass is 16.6. The number of nitro benzene ring substituents is 1. The number of carbonyl (C=O) groups is 1. The number of benzene rings is 1. The van der Waals surface area contributed by atoms with Crippen LogP contribution in [0.2, 0.25) is 0 Å². The molecule has 0 radical (unpaired) electrons. The first-order valence-electron chi connectivity index (χ1n) is 9.91. The molecule has 11 heteroatoms. The summed E-state index contributed by atoms with van der Waals surface area (Å²) in [4.78, 5) is 38.2. The van der Waals surface area contributed by atoms with Crippen LogP contribution in [0.25, 0.3) is 0 Å². The molecule has 4 saturated carbocycles. The van der Waals surface area contributed by atoms with Gasteiger partial charge in [-0.25, -0.2) is 0 Å². The van der Waals surface area contributed by atoms with Crippen LogP contribution in [0.15, 0.2) is 30.6 Å². The quantitative estimate of drug-likeness (QED) is 0.586. The van der Waals surface area contributed by atoms with Crippen LogP contribution in [0.4, 0.5) is 17.3 Å². The second-order valence-electron chi connectivity index (χ2n) is 8.97. The van der Waals surface area contributed by atoms with Crippen LogP contribution in [0.3, 0.4) is 0 Å². The van der Waals surface area contributed by atoms with Gasteiger partial charge in [-0.2, -0.15) is 4.68 Å². The number of nitrogens with one attached hydrogen (secondary N) is 1. The fourth-order valence-corrected chi connectivity index (χ4v) is 6.28. The molecule has 4 aliphatic carbocycles. The second-order valence-corrected chi connectivity index (χ2v) is 8.97. The molecular formula is C19H20N6O5. The maximum Gasteiger partial charge on any atom is 0.490 e. The third-order valence-corrected chi connectivity index (χ3v) is 6.96. The van der Waals surface area contributed by atoms with Crippen molar-refractivity contribution in [1.82, 2.24) is 14.8 Å². The lowest BCUT2D eigenvalue weighted by molar-refractivity contribution is -0.394. The Bertz CT molecular complexity index is 1050. The van der Waals surface area contributed by atoms with Gasteiger partial charge in [0.15, 0.2) is 0 Å². The summed E-state index contributed by atoms with van der Waals surface area (Å²) >= 11 is 0. The maximum absolute atomic E-state index is 13.4. The van der Waals surface area contributed by atoms with Crippen LogP contribution >= 0.6 is 0 Å². The van der Waals surface area contributed by atoms with E-state index in [0.29, 0.717) is 23.9 Å². The van der Waals surface area contributed by atoms with Gasteiger partial charge in [0.05, 0.1) is 15.9 Å². The molecule has 1 aromatic carbocycles. The Morgan fingerprint density at radius 2 is 1.87 bits per heavy atom. The number of nitro groups is 2. The van der Waals surface area contributed by atoms with Gasteiger partial charge in [-0.15, -0.1) is 0 Å². The van der Waals surface area contributed by atoms with E-state index in [1.165, 1.54) is 18.5 Å². The molecule has 0 aliphatic heterocycles. The fraction of sp³-hybridized carbons (Fsp3) is 0.526. The lowest BCUT2D eigenvalue weighted by atomic mass is 9.46. The zero-order chi connectivity index (χ0) is 21.1. The van der Waals surface area contributed by atoms with Crippen LogP contribution in [0, 0.1) is 37.5 Å². The average molecular weight is 412 g/mol. The molecule has 0 spiro atoms. The summed E-state index contributed by atoms with van der Waals surface area (Å²) in [6, 6.07) is 5.92. The zero-order valence-corrected chi connectivity index (χ0v) is 16.1. The summed E-state index contributed by atoms with van der Waals surface area (Å²) in [5.41, 5.74) is -0.749. The Hall–Kier alpha value is -3.37. The molecule has 2 aromatic rings. The molecule has 156 valence electrons. The molecule has 30 heavy (non-hydrogen) atoms. The molecule has 1 amide bonds. The summed E-state index contributed by atoms with van der Waals surface area (Å²) in [5.74, 6) is 0.104. The van der Waals surface area contributed by atoms with Crippen molar-refractivity contribution in [2.24, 2.45) is 17.3 Å². The monoisotopic (exact) mass is 412 g/mol. The van der Waals surface area contributed by atoms with Gasteiger partial charge in [0.2, 0.25) is 12.2 Å². The minimum Gasteiger partial charge on any atom is -0.390 e. The van der Waals surface area contributed by atoms with E-state index in [0.717, 1.165) is 32.1 Å². The number of nitrogens with zero attached hydrogens (tertiary/aromatic N) is 5. The van der Waals surface area contributed by atoms with Crippen LogP contribution in [-0.2, 0) is 10.3 Å². The van der Waals surface area contributed by atoms with Gasteiger partial charge in [-0.1, -0.05) is 11.1 Å². The standard InChI is InChI=1S/C19H20N6O5/c26-16(21-14-2-1-3-15(5-14)24(27)28)18-6-12-4-13(7-18)9-19(8-12,10-18)23-11-20-17(22-23)25(29)30/h1-3,5,11-13H,4,6-10H2,(H,21,26)/t12-,13-,18?,19?/m0/s1. The molecule has 4 aliphatic rings. The van der Waals surface area contributed by atoms with E-state index in [1.807, 2.05) is 0 Å². The topological polar surface area (TPSA) is 146 Å². The average Bonchev–Trinajstić information content (AvgIpc) is 3.19. The number of non-ortho nitro benzene ring substituents is 1. The highest BCUT2D eigenvalue weighted by molar-refractivity contribution is 5.96. The molecule has 1 heterocycles. The Balaban J connectivity index is 1.45. The molecule has 0 unspecified atom stereocenters. The van der Waals surface area contributed by atoms with E-state index in [4.69, 9.17) is 0 Å². The van der Waals surface area contributed by atoms with Crippen LogP contribution in [0.1, 0.15) is 38.5 Å². The van der Waals surface area contributed by atoms with Crippen LogP contribution in [0.5, 0.6) is 0 Å². The van der Waals surface area contributed by atoms with Gasteiger partial charge in [-0.05, 0) is 61.4 Å². The number of hydrogen-bond acceptors (Lipinski definition) is 7. The highest BCUT2D eigenvalue weighted by Crippen LogP contribution is 2.64. The molecule has 0 saturated heterocycles. The van der Waals surface area contributed by atoms with E-state index in [-0.39, 0.29) is 11.6 Å². The van der Waals surface area contributed by atoms with Crippen molar-refractivity contribution in [3.63, 3.8) is 0 Å². The molecule has 6 rings (SSSR count). The highest BCUT2D eigenvalue weighted by Gasteiger charge is 2.62. The number of aromatic nitrogens is 3. The predicted molar refractivity (Wildman–Crippen MR) is 103 cm³/mol. The van der Waals surface area contributed by atoms with Crippen LogP contribution in [-0.4, -0.2) is 30.5 Å².